The third-order valence-corrected chi connectivity index (χ3v) is 4.19. The lowest BCUT2D eigenvalue weighted by Gasteiger charge is -2.43. The van der Waals surface area contributed by atoms with Crippen LogP contribution in [0.25, 0.3) is 0 Å². The fourth-order valence-corrected chi connectivity index (χ4v) is 3.64. The van der Waals surface area contributed by atoms with Crippen molar-refractivity contribution >= 4 is 14.1 Å². The highest BCUT2D eigenvalue weighted by Crippen LogP contribution is 2.47. The third-order valence-electron chi connectivity index (χ3n) is 2.62. The van der Waals surface area contributed by atoms with E-state index in [1.807, 2.05) is 13.1 Å². The molecule has 0 saturated carbocycles. The molecule has 1 atom stereocenters. The first-order valence-corrected chi connectivity index (χ1v) is 6.76. The molecule has 16 heavy (non-hydrogen) atoms. The Balaban J connectivity index is 2.22. The number of para-hydroxylation sites is 1. The van der Waals surface area contributed by atoms with Gasteiger partial charge in [0.15, 0.2) is 0 Å². The lowest BCUT2D eigenvalue weighted by Crippen LogP contribution is -2.41. The Morgan fingerprint density at radius 1 is 1.31 bits per heavy atom. The van der Waals surface area contributed by atoms with Crippen LogP contribution >= 0.6 is 8.45 Å². The highest BCUT2D eigenvalue weighted by atomic mass is 31.2. The van der Waals surface area contributed by atoms with Crippen LogP contribution in [-0.4, -0.2) is 20.2 Å². The van der Waals surface area contributed by atoms with Crippen molar-refractivity contribution in [2.75, 3.05) is 24.9 Å². The van der Waals surface area contributed by atoms with E-state index in [1.54, 1.807) is 0 Å². The van der Waals surface area contributed by atoms with Crippen LogP contribution in [0.3, 0.4) is 0 Å². The molecule has 4 heteroatoms. The van der Waals surface area contributed by atoms with Gasteiger partial charge >= 0.3 is 0 Å². The minimum atomic E-state index is -0.684. The minimum Gasteiger partial charge on any atom is -0.326 e. The van der Waals surface area contributed by atoms with E-state index >= 15 is 0 Å². The first-order valence-electron chi connectivity index (χ1n) is 5.55. The molecule has 0 radical (unpaired) electrons. The maximum atomic E-state index is 5.89. The Bertz CT molecular complexity index is 342. The highest BCUT2D eigenvalue weighted by molar-refractivity contribution is 7.52. The van der Waals surface area contributed by atoms with Crippen molar-refractivity contribution in [2.24, 2.45) is 5.41 Å². The van der Waals surface area contributed by atoms with Crippen LogP contribution in [0.2, 0.25) is 0 Å². The Labute approximate surface area is 98.7 Å². The van der Waals surface area contributed by atoms with E-state index in [9.17, 15) is 0 Å². The number of hydrogen-bond acceptors (Lipinski definition) is 3. The summed E-state index contributed by atoms with van der Waals surface area (Å²) in [7, 11) is 1.27. The summed E-state index contributed by atoms with van der Waals surface area (Å²) in [6, 6.07) is 10.5. The zero-order valence-electron chi connectivity index (χ0n) is 10.1. The lowest BCUT2D eigenvalue weighted by atomic mass is 9.95. The van der Waals surface area contributed by atoms with Crippen molar-refractivity contribution in [2.45, 2.75) is 13.8 Å². The summed E-state index contributed by atoms with van der Waals surface area (Å²) in [6.45, 7) is 6.34. The molecule has 1 unspecified atom stereocenters. The summed E-state index contributed by atoms with van der Waals surface area (Å²) in [4.78, 5) is 0. The second-order valence-electron chi connectivity index (χ2n) is 4.83. The first kappa shape index (κ1) is 11.8. The number of nitrogens with one attached hydrogen (secondary N) is 1. The second kappa shape index (κ2) is 4.70. The van der Waals surface area contributed by atoms with Crippen molar-refractivity contribution in [1.82, 2.24) is 5.09 Å². The lowest BCUT2D eigenvalue weighted by molar-refractivity contribution is 0.181. The van der Waals surface area contributed by atoms with Crippen LogP contribution in [0.5, 0.6) is 0 Å². The molecule has 1 fully saturated rings. The standard InChI is InChI=1S/C12H19N2OP/c1-12(2)9-14(16(13-3)15-10-12)11-7-5-4-6-8-11/h4-8,13H,9-10H2,1-3H3. The highest BCUT2D eigenvalue weighted by Gasteiger charge is 2.33. The van der Waals surface area contributed by atoms with Crippen molar-refractivity contribution in [3.05, 3.63) is 30.3 Å². The molecule has 1 aliphatic heterocycles. The average Bonchev–Trinajstić information content (AvgIpc) is 2.29. The third kappa shape index (κ3) is 2.54. The van der Waals surface area contributed by atoms with Crippen LogP contribution < -0.4 is 9.76 Å². The van der Waals surface area contributed by atoms with Crippen LogP contribution in [0.15, 0.2) is 30.3 Å². The molecule has 1 saturated heterocycles. The minimum absolute atomic E-state index is 0.214. The Hall–Kier alpha value is -0.630. The normalized spacial score (nSPS) is 24.4. The van der Waals surface area contributed by atoms with Gasteiger partial charge in [0, 0.05) is 17.6 Å². The van der Waals surface area contributed by atoms with Crippen LogP contribution in [0.4, 0.5) is 5.69 Å². The number of nitrogens with zero attached hydrogens (tertiary/aromatic N) is 1. The van der Waals surface area contributed by atoms with Crippen molar-refractivity contribution in [3.63, 3.8) is 0 Å². The van der Waals surface area contributed by atoms with E-state index in [4.69, 9.17) is 4.52 Å². The number of rotatable bonds is 2. The summed E-state index contributed by atoms with van der Waals surface area (Å²) < 4.78 is 8.22. The fourth-order valence-electron chi connectivity index (χ4n) is 1.80. The molecule has 3 nitrogen and oxygen atoms in total. The first-order chi connectivity index (χ1) is 7.62. The van der Waals surface area contributed by atoms with Gasteiger partial charge in [-0.25, -0.2) is 0 Å². The van der Waals surface area contributed by atoms with Gasteiger partial charge in [-0.05, 0) is 19.2 Å². The molecule has 0 aliphatic carbocycles. The van der Waals surface area contributed by atoms with Crippen molar-refractivity contribution < 1.29 is 4.52 Å². The maximum absolute atomic E-state index is 5.89. The molecule has 88 valence electrons. The zero-order chi connectivity index (χ0) is 11.6. The molecular weight excluding hydrogens is 219 g/mol. The van der Waals surface area contributed by atoms with Gasteiger partial charge in [-0.1, -0.05) is 32.0 Å². The van der Waals surface area contributed by atoms with E-state index in [0.717, 1.165) is 13.2 Å². The largest absolute Gasteiger partial charge is 0.326 e. The summed E-state index contributed by atoms with van der Waals surface area (Å²) in [5.41, 5.74) is 1.45. The molecule has 1 aromatic carbocycles. The summed E-state index contributed by atoms with van der Waals surface area (Å²) in [6.07, 6.45) is 0. The monoisotopic (exact) mass is 238 g/mol. The molecular formula is C12H19N2OP. The molecule has 1 N–H and O–H groups in total. The molecule has 0 aromatic heterocycles. The number of anilines is 1. The molecule has 1 aromatic rings. The Kier molecular flexibility index (Phi) is 3.48. The van der Waals surface area contributed by atoms with Crippen molar-refractivity contribution in [3.8, 4) is 0 Å². The average molecular weight is 238 g/mol. The van der Waals surface area contributed by atoms with E-state index < -0.39 is 8.45 Å². The van der Waals surface area contributed by atoms with Crippen LogP contribution in [-0.2, 0) is 4.52 Å². The smallest absolute Gasteiger partial charge is 0.214 e. The van der Waals surface area contributed by atoms with Crippen LogP contribution in [0, 0.1) is 5.41 Å². The molecule has 0 spiro atoms. The van der Waals surface area contributed by atoms with Gasteiger partial charge in [0.05, 0.1) is 6.61 Å². The molecule has 0 amide bonds. The summed E-state index contributed by atoms with van der Waals surface area (Å²) in [5.74, 6) is 0. The van der Waals surface area contributed by atoms with Crippen LogP contribution in [0.1, 0.15) is 13.8 Å². The van der Waals surface area contributed by atoms with Gasteiger partial charge in [0.25, 0.3) is 0 Å². The Morgan fingerprint density at radius 2 is 2.00 bits per heavy atom. The van der Waals surface area contributed by atoms with Crippen molar-refractivity contribution in [1.29, 1.82) is 0 Å². The van der Waals surface area contributed by atoms with Gasteiger partial charge in [-0.2, -0.15) is 0 Å². The fraction of sp³-hybridized carbons (Fsp3) is 0.500. The van der Waals surface area contributed by atoms with E-state index in [1.165, 1.54) is 5.69 Å². The quantitative estimate of drug-likeness (QED) is 0.801. The van der Waals surface area contributed by atoms with Gasteiger partial charge < -0.3 is 9.19 Å². The van der Waals surface area contributed by atoms with Gasteiger partial charge in [0.1, 0.15) is 0 Å². The summed E-state index contributed by atoms with van der Waals surface area (Å²) >= 11 is 0. The SMILES string of the molecule is CNP1OCC(C)(C)CN1c1ccccc1. The van der Waals surface area contributed by atoms with Gasteiger partial charge in [-0.3, -0.25) is 5.09 Å². The summed E-state index contributed by atoms with van der Waals surface area (Å²) in [5, 5.41) is 3.26. The number of hydrogen-bond donors (Lipinski definition) is 1. The Morgan fingerprint density at radius 3 is 2.62 bits per heavy atom. The maximum Gasteiger partial charge on any atom is 0.214 e. The number of benzene rings is 1. The van der Waals surface area contributed by atoms with Gasteiger partial charge in [0.2, 0.25) is 8.45 Å². The van der Waals surface area contributed by atoms with E-state index in [2.05, 4.69) is 47.9 Å². The zero-order valence-corrected chi connectivity index (χ0v) is 11.0. The molecule has 1 heterocycles. The van der Waals surface area contributed by atoms with E-state index in [0.29, 0.717) is 0 Å². The van der Waals surface area contributed by atoms with E-state index in [-0.39, 0.29) is 5.41 Å². The molecule has 1 aliphatic rings. The predicted octanol–water partition coefficient (Wildman–Crippen LogP) is 3.00. The topological polar surface area (TPSA) is 24.5 Å². The van der Waals surface area contributed by atoms with Gasteiger partial charge in [-0.15, -0.1) is 0 Å². The molecule has 0 bridgehead atoms. The predicted molar refractivity (Wildman–Crippen MR) is 69.5 cm³/mol. The second-order valence-corrected chi connectivity index (χ2v) is 6.56. The molecule has 2 rings (SSSR count).